The fraction of sp³-hybridized carbons (Fsp3) is 0.250. The van der Waals surface area contributed by atoms with Gasteiger partial charge in [0.2, 0.25) is 0 Å². The predicted molar refractivity (Wildman–Crippen MR) is 221 cm³/mol. The number of esters is 4. The van der Waals surface area contributed by atoms with Crippen LogP contribution in [0.5, 0.6) is 0 Å². The smallest absolute Gasteiger partial charge is 0.346 e. The molecule has 0 aliphatic rings. The zero-order valence-electron chi connectivity index (χ0n) is 33.2. The van der Waals surface area contributed by atoms with E-state index in [4.69, 9.17) is 37.9 Å². The lowest BCUT2D eigenvalue weighted by molar-refractivity contribution is -0.146. The van der Waals surface area contributed by atoms with Crippen LogP contribution in [-0.4, -0.2) is 76.7 Å². The van der Waals surface area contributed by atoms with Crippen molar-refractivity contribution in [3.63, 3.8) is 0 Å². The van der Waals surface area contributed by atoms with Gasteiger partial charge in [-0.15, -0.1) is 0 Å². The van der Waals surface area contributed by atoms with Crippen LogP contribution in [0.2, 0.25) is 0 Å². The molecular weight excluding hydrogens is 769 g/mol. The third-order valence-electron chi connectivity index (χ3n) is 8.57. The molecule has 0 radical (unpaired) electrons. The van der Waals surface area contributed by atoms with Crippen LogP contribution in [0, 0.1) is 0 Å². The number of benzene rings is 5. The molecule has 0 spiro atoms. The van der Waals surface area contributed by atoms with Gasteiger partial charge >= 0.3 is 23.9 Å². The van der Waals surface area contributed by atoms with E-state index in [1.165, 1.54) is 24.3 Å². The highest BCUT2D eigenvalue weighted by molar-refractivity contribution is 6.37. The fourth-order valence-electron chi connectivity index (χ4n) is 5.56. The van der Waals surface area contributed by atoms with Crippen molar-refractivity contribution in [3.8, 4) is 0 Å². The molecule has 0 saturated heterocycles. The van der Waals surface area contributed by atoms with Crippen LogP contribution in [0.25, 0.3) is 11.1 Å². The minimum atomic E-state index is -0.949. The van der Waals surface area contributed by atoms with Crippen LogP contribution >= 0.6 is 0 Å². The monoisotopic (exact) mass is 816 g/mol. The molecule has 0 aliphatic carbocycles. The van der Waals surface area contributed by atoms with Crippen molar-refractivity contribution in [1.29, 1.82) is 0 Å². The topological polar surface area (TPSA) is 142 Å². The van der Waals surface area contributed by atoms with Crippen molar-refractivity contribution >= 4 is 35.0 Å². The standard InChI is InChI=1S/C48H48O12/c49-45(57-29-25-53-33-37-13-5-1-6-14-37)43(46(50)58-30-26-54-34-38-15-7-2-8-16-38)41-21-23-42(24-22-41)44(47(51)59-31-27-55-35-39-17-9-3-10-18-39)48(52)60-32-28-56-36-40-19-11-4-12-20-40/h1-24H,25-36H2. The molecule has 0 heterocycles. The molecule has 312 valence electrons. The van der Waals surface area contributed by atoms with Gasteiger partial charge in [0, 0.05) is 0 Å². The summed E-state index contributed by atoms with van der Waals surface area (Å²) >= 11 is 0. The molecule has 0 fully saturated rings. The SMILES string of the molecule is O=C(OCCOCc1ccccc1)C(C(=O)OCCOCc1ccccc1)=c1ccc(=C(C(=O)OCCOCc2ccccc2)C(=O)OCCOCc2ccccc2)cc1. The van der Waals surface area contributed by atoms with Crippen LogP contribution in [0.1, 0.15) is 22.3 Å². The third kappa shape index (κ3) is 15.7. The van der Waals surface area contributed by atoms with Crippen molar-refractivity contribution in [2.75, 3.05) is 52.9 Å². The van der Waals surface area contributed by atoms with E-state index in [1.54, 1.807) is 0 Å². The second kappa shape index (κ2) is 25.8. The summed E-state index contributed by atoms with van der Waals surface area (Å²) in [5, 5.41) is 0.239. The van der Waals surface area contributed by atoms with E-state index in [0.717, 1.165) is 22.3 Å². The van der Waals surface area contributed by atoms with Gasteiger partial charge in [-0.1, -0.05) is 146 Å². The molecule has 5 aromatic carbocycles. The van der Waals surface area contributed by atoms with Crippen molar-refractivity contribution in [1.82, 2.24) is 0 Å². The van der Waals surface area contributed by atoms with E-state index >= 15 is 0 Å². The Morgan fingerprint density at radius 2 is 0.500 bits per heavy atom. The van der Waals surface area contributed by atoms with E-state index in [0.29, 0.717) is 26.4 Å². The fourth-order valence-corrected chi connectivity index (χ4v) is 5.56. The van der Waals surface area contributed by atoms with E-state index in [1.807, 2.05) is 121 Å². The van der Waals surface area contributed by atoms with Gasteiger partial charge < -0.3 is 37.9 Å². The first-order valence-electron chi connectivity index (χ1n) is 19.5. The summed E-state index contributed by atoms with van der Waals surface area (Å²) in [5.74, 6) is -3.80. The van der Waals surface area contributed by atoms with Crippen LogP contribution in [0.4, 0.5) is 0 Å². The first kappa shape index (κ1) is 44.7. The highest BCUT2D eigenvalue weighted by Gasteiger charge is 2.25. The lowest BCUT2D eigenvalue weighted by Crippen LogP contribution is -2.29. The van der Waals surface area contributed by atoms with Gasteiger partial charge in [0.25, 0.3) is 0 Å². The van der Waals surface area contributed by atoms with Gasteiger partial charge in [-0.2, -0.15) is 0 Å². The molecule has 5 rings (SSSR count). The van der Waals surface area contributed by atoms with Crippen LogP contribution in [-0.2, 0) is 83.5 Å². The molecule has 0 N–H and O–H groups in total. The van der Waals surface area contributed by atoms with Gasteiger partial charge in [-0.05, 0) is 32.7 Å². The number of ether oxygens (including phenoxy) is 8. The molecule has 0 unspecified atom stereocenters. The minimum absolute atomic E-state index is 0.0758. The molecule has 0 saturated carbocycles. The average molecular weight is 817 g/mol. The normalized spacial score (nSPS) is 10.7. The molecule has 60 heavy (non-hydrogen) atoms. The molecule has 0 aliphatic heterocycles. The molecule has 0 bridgehead atoms. The summed E-state index contributed by atoms with van der Waals surface area (Å²) in [6.45, 7) is 0.998. The second-order valence-electron chi connectivity index (χ2n) is 13.0. The number of carbonyl (C=O) groups is 4. The van der Waals surface area contributed by atoms with Crippen LogP contribution in [0.15, 0.2) is 146 Å². The highest BCUT2D eigenvalue weighted by Crippen LogP contribution is 2.08. The van der Waals surface area contributed by atoms with E-state index in [9.17, 15) is 19.2 Å². The Bertz CT molecular complexity index is 1890. The number of carbonyl (C=O) groups excluding carboxylic acids is 4. The summed E-state index contributed by atoms with van der Waals surface area (Å²) in [7, 11) is 0. The highest BCUT2D eigenvalue weighted by atomic mass is 16.6. The summed E-state index contributed by atoms with van der Waals surface area (Å²) in [6, 6.07) is 43.6. The van der Waals surface area contributed by atoms with Crippen molar-refractivity contribution in [2.24, 2.45) is 0 Å². The summed E-state index contributed by atoms with van der Waals surface area (Å²) in [4.78, 5) is 53.7. The van der Waals surface area contributed by atoms with Gasteiger partial charge in [-0.3, -0.25) is 0 Å². The average Bonchev–Trinajstić information content (AvgIpc) is 3.28. The Hall–Kier alpha value is -6.44. The van der Waals surface area contributed by atoms with Crippen LogP contribution < -0.4 is 10.4 Å². The number of rotatable bonds is 24. The maximum absolute atomic E-state index is 13.4. The summed E-state index contributed by atoms with van der Waals surface area (Å²) < 4.78 is 44.2. The maximum atomic E-state index is 13.4. The third-order valence-corrected chi connectivity index (χ3v) is 8.57. The zero-order chi connectivity index (χ0) is 42.0. The Labute approximate surface area is 348 Å². The number of hydrogen-bond donors (Lipinski definition) is 0. The Morgan fingerprint density at radius 1 is 0.283 bits per heavy atom. The molecule has 12 nitrogen and oxygen atoms in total. The van der Waals surface area contributed by atoms with E-state index in [2.05, 4.69) is 0 Å². The molecule has 0 aromatic heterocycles. The number of hydrogen-bond acceptors (Lipinski definition) is 12. The van der Waals surface area contributed by atoms with E-state index < -0.39 is 35.0 Å². The zero-order valence-corrected chi connectivity index (χ0v) is 33.2. The maximum Gasteiger partial charge on any atom is 0.346 e. The van der Waals surface area contributed by atoms with E-state index in [-0.39, 0.29) is 63.3 Å². The first-order valence-corrected chi connectivity index (χ1v) is 19.5. The van der Waals surface area contributed by atoms with Crippen molar-refractivity contribution < 1.29 is 57.1 Å². The molecule has 12 heteroatoms. The molecular formula is C48H48O12. The molecule has 0 amide bonds. The van der Waals surface area contributed by atoms with Gasteiger partial charge in [0.15, 0.2) is 11.1 Å². The Morgan fingerprint density at radius 3 is 0.717 bits per heavy atom. The van der Waals surface area contributed by atoms with Gasteiger partial charge in [0.1, 0.15) is 26.4 Å². The van der Waals surface area contributed by atoms with Gasteiger partial charge in [0.05, 0.1) is 52.9 Å². The summed E-state index contributed by atoms with van der Waals surface area (Å²) in [5.41, 5.74) is 3.00. The predicted octanol–water partition coefficient (Wildman–Crippen LogP) is 5.03. The first-order chi connectivity index (χ1) is 29.5. The summed E-state index contributed by atoms with van der Waals surface area (Å²) in [6.07, 6.45) is 0. The lowest BCUT2D eigenvalue weighted by Gasteiger charge is -2.11. The van der Waals surface area contributed by atoms with Crippen LogP contribution in [0.3, 0.4) is 0 Å². The Balaban J connectivity index is 1.29. The molecule has 0 atom stereocenters. The quantitative estimate of drug-likeness (QED) is 0.0357. The van der Waals surface area contributed by atoms with Gasteiger partial charge in [-0.25, -0.2) is 19.2 Å². The van der Waals surface area contributed by atoms with Crippen molar-refractivity contribution in [3.05, 3.63) is 178 Å². The minimum Gasteiger partial charge on any atom is -0.459 e. The second-order valence-corrected chi connectivity index (χ2v) is 13.0. The van der Waals surface area contributed by atoms with Crippen molar-refractivity contribution in [2.45, 2.75) is 26.4 Å². The lowest BCUT2D eigenvalue weighted by atomic mass is 10.1. The Kier molecular flexibility index (Phi) is 19.2. The largest absolute Gasteiger partial charge is 0.459 e. The molecule has 5 aromatic rings.